The predicted molar refractivity (Wildman–Crippen MR) is 56.7 cm³/mol. The highest BCUT2D eigenvalue weighted by atomic mass is 28.3. The van der Waals surface area contributed by atoms with Crippen molar-refractivity contribution in [2.24, 2.45) is 11.5 Å². The summed E-state index contributed by atoms with van der Waals surface area (Å²) in [4.78, 5) is 0. The minimum Gasteiger partial charge on any atom is -0.399 e. The molecular formula is C8H22N2O2Si. The second-order valence-electron chi connectivity index (χ2n) is 3.55. The first-order valence-electron chi connectivity index (χ1n) is 4.63. The van der Waals surface area contributed by atoms with Gasteiger partial charge in [0.2, 0.25) is 0 Å². The molecule has 0 aromatic rings. The molecule has 0 aliphatic rings. The van der Waals surface area contributed by atoms with E-state index in [1.807, 2.05) is 6.92 Å². The maximum atomic E-state index is 6.09. The highest BCUT2D eigenvalue weighted by Crippen LogP contribution is 2.14. The van der Waals surface area contributed by atoms with Crippen molar-refractivity contribution in [3.8, 4) is 0 Å². The Hall–Kier alpha value is 0.0569. The fourth-order valence-electron chi connectivity index (χ4n) is 1.40. The van der Waals surface area contributed by atoms with Crippen molar-refractivity contribution < 1.29 is 8.85 Å². The van der Waals surface area contributed by atoms with Gasteiger partial charge in [0.1, 0.15) is 0 Å². The molecule has 4 nitrogen and oxygen atoms in total. The van der Waals surface area contributed by atoms with Crippen LogP contribution in [0.25, 0.3) is 0 Å². The van der Waals surface area contributed by atoms with E-state index in [9.17, 15) is 0 Å². The first-order chi connectivity index (χ1) is 6.08. The smallest absolute Gasteiger partial charge is 0.341 e. The zero-order valence-electron chi connectivity index (χ0n) is 8.88. The number of hydrogen-bond donors (Lipinski definition) is 2. The molecular weight excluding hydrogens is 184 g/mol. The molecule has 0 bridgehead atoms. The van der Waals surface area contributed by atoms with Crippen LogP contribution >= 0.6 is 0 Å². The minimum absolute atomic E-state index is 0.293. The molecule has 0 saturated carbocycles. The lowest BCUT2D eigenvalue weighted by Crippen LogP contribution is -2.54. The average Bonchev–Trinajstić information content (AvgIpc) is 2.06. The van der Waals surface area contributed by atoms with E-state index in [1.54, 1.807) is 14.2 Å². The monoisotopic (exact) mass is 206 g/mol. The Balaban J connectivity index is 3.88. The molecule has 0 radical (unpaired) electrons. The first kappa shape index (κ1) is 13.1. The number of unbranched alkanes of at least 4 members (excludes halogenated alkanes) is 1. The molecule has 0 aliphatic heterocycles. The van der Waals surface area contributed by atoms with Gasteiger partial charge in [0.25, 0.3) is 0 Å². The highest BCUT2D eigenvalue weighted by molar-refractivity contribution is 6.48. The SMILES string of the molecule is CO[SiH](OC)C(C)(N)CCCCN. The van der Waals surface area contributed by atoms with E-state index in [0.29, 0.717) is 0 Å². The quantitative estimate of drug-likeness (QED) is 0.450. The maximum absolute atomic E-state index is 6.09. The van der Waals surface area contributed by atoms with Gasteiger partial charge < -0.3 is 20.3 Å². The van der Waals surface area contributed by atoms with E-state index in [0.717, 1.165) is 25.8 Å². The summed E-state index contributed by atoms with van der Waals surface area (Å²) in [6, 6.07) is 0. The Labute approximate surface area is 82.4 Å². The summed E-state index contributed by atoms with van der Waals surface area (Å²) in [5.74, 6) is 0. The molecule has 0 aromatic heterocycles. The van der Waals surface area contributed by atoms with Gasteiger partial charge in [-0.1, -0.05) is 6.42 Å². The third-order valence-corrected chi connectivity index (χ3v) is 4.36. The molecule has 1 unspecified atom stereocenters. The predicted octanol–water partition coefficient (Wildman–Crippen LogP) is -0.115. The van der Waals surface area contributed by atoms with Crippen LogP contribution in [0.4, 0.5) is 0 Å². The van der Waals surface area contributed by atoms with Gasteiger partial charge in [-0.15, -0.1) is 0 Å². The summed E-state index contributed by atoms with van der Waals surface area (Å²) in [7, 11) is 1.62. The lowest BCUT2D eigenvalue weighted by Gasteiger charge is -2.29. The van der Waals surface area contributed by atoms with E-state index in [4.69, 9.17) is 20.3 Å². The molecule has 0 amide bonds. The number of nitrogens with two attached hydrogens (primary N) is 2. The Bertz CT molecular complexity index is 129. The van der Waals surface area contributed by atoms with Crippen molar-refractivity contribution in [3.05, 3.63) is 0 Å². The number of rotatable bonds is 7. The second kappa shape index (κ2) is 6.50. The molecule has 0 rings (SSSR count). The van der Waals surface area contributed by atoms with Crippen molar-refractivity contribution >= 4 is 9.28 Å². The largest absolute Gasteiger partial charge is 0.399 e. The number of hydrogen-bond acceptors (Lipinski definition) is 4. The summed E-state index contributed by atoms with van der Waals surface area (Å²) < 4.78 is 10.5. The standard InChI is InChI=1S/C8H22N2O2Si/c1-8(10,6-4-5-7-9)13(11-2)12-3/h13H,4-7,9-10H2,1-3H3. The van der Waals surface area contributed by atoms with Crippen LogP contribution in [0.15, 0.2) is 0 Å². The second-order valence-corrected chi connectivity index (χ2v) is 6.48. The van der Waals surface area contributed by atoms with E-state index in [-0.39, 0.29) is 5.16 Å². The molecule has 0 spiro atoms. The van der Waals surface area contributed by atoms with Crippen LogP contribution in [-0.2, 0) is 8.85 Å². The molecule has 5 heteroatoms. The van der Waals surface area contributed by atoms with Crippen molar-refractivity contribution in [2.45, 2.75) is 31.3 Å². The molecule has 0 fully saturated rings. The molecule has 4 N–H and O–H groups in total. The van der Waals surface area contributed by atoms with Crippen LogP contribution in [-0.4, -0.2) is 35.2 Å². The van der Waals surface area contributed by atoms with Crippen LogP contribution in [0, 0.1) is 0 Å². The van der Waals surface area contributed by atoms with Crippen molar-refractivity contribution in [1.29, 1.82) is 0 Å². The van der Waals surface area contributed by atoms with Gasteiger partial charge in [0, 0.05) is 14.2 Å². The highest BCUT2D eigenvalue weighted by Gasteiger charge is 2.32. The summed E-state index contributed by atoms with van der Waals surface area (Å²) in [5, 5.41) is -0.293. The Morgan fingerprint density at radius 3 is 2.15 bits per heavy atom. The first-order valence-corrected chi connectivity index (χ1v) is 6.15. The topological polar surface area (TPSA) is 70.5 Å². The normalized spacial score (nSPS) is 16.2. The third kappa shape index (κ3) is 4.73. The molecule has 0 saturated heterocycles. The van der Waals surface area contributed by atoms with Gasteiger partial charge in [-0.2, -0.15) is 0 Å². The molecule has 0 aliphatic carbocycles. The zero-order chi connectivity index (χ0) is 10.3. The van der Waals surface area contributed by atoms with Gasteiger partial charge in [-0.3, -0.25) is 0 Å². The molecule has 1 atom stereocenters. The summed E-state index contributed by atoms with van der Waals surface area (Å²) in [6.07, 6.45) is 2.98. The fourth-order valence-corrected chi connectivity index (χ4v) is 3.11. The third-order valence-electron chi connectivity index (χ3n) is 2.14. The van der Waals surface area contributed by atoms with Gasteiger partial charge in [0.05, 0.1) is 5.16 Å². The van der Waals surface area contributed by atoms with E-state index < -0.39 is 9.28 Å². The van der Waals surface area contributed by atoms with Gasteiger partial charge >= 0.3 is 9.28 Å². The van der Waals surface area contributed by atoms with E-state index in [1.165, 1.54) is 0 Å². The van der Waals surface area contributed by atoms with Crippen LogP contribution in [0.2, 0.25) is 0 Å². The van der Waals surface area contributed by atoms with Crippen LogP contribution in [0.1, 0.15) is 26.2 Å². The molecule has 13 heavy (non-hydrogen) atoms. The van der Waals surface area contributed by atoms with E-state index >= 15 is 0 Å². The summed E-state index contributed by atoms with van der Waals surface area (Å²) in [5.41, 5.74) is 11.5. The Morgan fingerprint density at radius 2 is 1.77 bits per heavy atom. The maximum Gasteiger partial charge on any atom is 0.341 e. The minimum atomic E-state index is -1.71. The van der Waals surface area contributed by atoms with Gasteiger partial charge in [-0.05, 0) is 26.3 Å². The molecule has 80 valence electrons. The fraction of sp³-hybridized carbons (Fsp3) is 1.00. The van der Waals surface area contributed by atoms with Crippen LogP contribution in [0.3, 0.4) is 0 Å². The van der Waals surface area contributed by atoms with Gasteiger partial charge in [-0.25, -0.2) is 0 Å². The van der Waals surface area contributed by atoms with Crippen molar-refractivity contribution in [1.82, 2.24) is 0 Å². The lowest BCUT2D eigenvalue weighted by molar-refractivity contribution is 0.240. The molecule has 0 aromatic carbocycles. The van der Waals surface area contributed by atoms with E-state index in [2.05, 4.69) is 0 Å². The van der Waals surface area contributed by atoms with Crippen LogP contribution in [0.5, 0.6) is 0 Å². The lowest BCUT2D eigenvalue weighted by atomic mass is 10.1. The average molecular weight is 206 g/mol. The Kier molecular flexibility index (Phi) is 6.53. The van der Waals surface area contributed by atoms with Crippen LogP contribution < -0.4 is 11.5 Å². The van der Waals surface area contributed by atoms with Crippen molar-refractivity contribution in [3.63, 3.8) is 0 Å². The summed E-state index contributed by atoms with van der Waals surface area (Å²) >= 11 is 0. The zero-order valence-corrected chi connectivity index (χ0v) is 10.0. The van der Waals surface area contributed by atoms with Crippen molar-refractivity contribution in [2.75, 3.05) is 20.8 Å². The van der Waals surface area contributed by atoms with Gasteiger partial charge in [0.15, 0.2) is 0 Å². The summed E-state index contributed by atoms with van der Waals surface area (Å²) in [6.45, 7) is 2.72. The Morgan fingerprint density at radius 1 is 1.23 bits per heavy atom. The molecule has 0 heterocycles.